The highest BCUT2D eigenvalue weighted by Crippen LogP contribution is 2.35. The molecule has 0 bridgehead atoms. The van der Waals surface area contributed by atoms with Gasteiger partial charge in [-0.25, -0.2) is 0 Å². The molecule has 1 amide bonds. The van der Waals surface area contributed by atoms with Crippen molar-refractivity contribution in [3.05, 3.63) is 65.9 Å². The van der Waals surface area contributed by atoms with Crippen molar-refractivity contribution in [3.8, 4) is 11.5 Å². The zero-order valence-electron chi connectivity index (χ0n) is 17.4. The second kappa shape index (κ2) is 9.61. The maximum Gasteiger partial charge on any atom is 0.220 e. The van der Waals surface area contributed by atoms with Crippen molar-refractivity contribution >= 4 is 16.8 Å². The van der Waals surface area contributed by atoms with E-state index in [0.29, 0.717) is 19.6 Å². The average Bonchev–Trinajstić information content (AvgIpc) is 2.78. The van der Waals surface area contributed by atoms with Crippen molar-refractivity contribution in [3.63, 3.8) is 0 Å². The van der Waals surface area contributed by atoms with Gasteiger partial charge in [0.25, 0.3) is 0 Å². The lowest BCUT2D eigenvalue weighted by Crippen LogP contribution is -2.28. The third-order valence-corrected chi connectivity index (χ3v) is 5.72. The van der Waals surface area contributed by atoms with Crippen LogP contribution in [0.4, 0.5) is 0 Å². The minimum absolute atomic E-state index is 0.107. The summed E-state index contributed by atoms with van der Waals surface area (Å²) in [5.41, 5.74) is 3.48. The number of rotatable bonds is 8. The molecule has 2 aromatic carbocycles. The number of hydrogen-bond acceptors (Lipinski definition) is 4. The van der Waals surface area contributed by atoms with Crippen molar-refractivity contribution in [2.24, 2.45) is 0 Å². The van der Waals surface area contributed by atoms with Gasteiger partial charge in [0, 0.05) is 24.5 Å². The summed E-state index contributed by atoms with van der Waals surface area (Å²) in [6.07, 6.45) is 6.30. The van der Waals surface area contributed by atoms with Crippen LogP contribution in [-0.4, -0.2) is 31.2 Å². The minimum Gasteiger partial charge on any atom is -0.497 e. The Morgan fingerprint density at radius 2 is 2.10 bits per heavy atom. The number of methoxy groups -OCH3 is 1. The Balaban J connectivity index is 1.23. The van der Waals surface area contributed by atoms with E-state index in [1.807, 2.05) is 36.4 Å². The van der Waals surface area contributed by atoms with E-state index >= 15 is 0 Å². The van der Waals surface area contributed by atoms with Gasteiger partial charge in [0.1, 0.15) is 17.0 Å². The SMILES string of the molecule is COc1ccc2c(c1)CCCC2CC(=O)NCCCOc1cccc2cccnc12. The highest BCUT2D eigenvalue weighted by Gasteiger charge is 2.23. The maximum atomic E-state index is 12.5. The van der Waals surface area contributed by atoms with Crippen LogP contribution in [0.3, 0.4) is 0 Å². The van der Waals surface area contributed by atoms with Crippen LogP contribution < -0.4 is 14.8 Å². The van der Waals surface area contributed by atoms with Gasteiger partial charge in [-0.15, -0.1) is 0 Å². The van der Waals surface area contributed by atoms with E-state index in [0.717, 1.165) is 48.1 Å². The zero-order chi connectivity index (χ0) is 20.8. The quantitative estimate of drug-likeness (QED) is 0.556. The molecule has 3 aromatic rings. The van der Waals surface area contributed by atoms with Crippen LogP contribution in [-0.2, 0) is 11.2 Å². The fourth-order valence-electron chi connectivity index (χ4n) is 4.20. The third-order valence-electron chi connectivity index (χ3n) is 5.72. The largest absolute Gasteiger partial charge is 0.497 e. The number of fused-ring (bicyclic) bond motifs is 2. The van der Waals surface area contributed by atoms with Crippen molar-refractivity contribution in [2.75, 3.05) is 20.3 Å². The monoisotopic (exact) mass is 404 g/mol. The molecule has 1 N–H and O–H groups in total. The lowest BCUT2D eigenvalue weighted by atomic mass is 9.81. The molecule has 1 aliphatic rings. The van der Waals surface area contributed by atoms with Crippen LogP contribution in [0.2, 0.25) is 0 Å². The Morgan fingerprint density at radius 1 is 1.20 bits per heavy atom. The number of pyridine rings is 1. The van der Waals surface area contributed by atoms with E-state index in [-0.39, 0.29) is 11.8 Å². The van der Waals surface area contributed by atoms with E-state index in [1.165, 1.54) is 11.1 Å². The number of amides is 1. The first-order valence-corrected chi connectivity index (χ1v) is 10.6. The number of benzene rings is 2. The van der Waals surface area contributed by atoms with Gasteiger partial charge < -0.3 is 14.8 Å². The van der Waals surface area contributed by atoms with E-state index in [4.69, 9.17) is 9.47 Å². The Bertz CT molecular complexity index is 1010. The van der Waals surface area contributed by atoms with Gasteiger partial charge in [0.2, 0.25) is 5.91 Å². The van der Waals surface area contributed by atoms with Gasteiger partial charge in [0.05, 0.1) is 13.7 Å². The number of para-hydroxylation sites is 1. The number of aromatic nitrogens is 1. The van der Waals surface area contributed by atoms with E-state index in [1.54, 1.807) is 13.3 Å². The second-order valence-electron chi connectivity index (χ2n) is 7.74. The van der Waals surface area contributed by atoms with Crippen LogP contribution in [0.1, 0.15) is 42.7 Å². The predicted molar refractivity (Wildman–Crippen MR) is 118 cm³/mol. The Kier molecular flexibility index (Phi) is 6.47. The number of carbonyl (C=O) groups is 1. The van der Waals surface area contributed by atoms with Crippen molar-refractivity contribution in [1.29, 1.82) is 0 Å². The molecule has 0 spiro atoms. The lowest BCUT2D eigenvalue weighted by Gasteiger charge is -2.25. The molecule has 5 nitrogen and oxygen atoms in total. The Labute approximate surface area is 177 Å². The number of aryl methyl sites for hydroxylation is 1. The van der Waals surface area contributed by atoms with Crippen LogP contribution in [0.15, 0.2) is 54.7 Å². The second-order valence-corrected chi connectivity index (χ2v) is 7.74. The van der Waals surface area contributed by atoms with Gasteiger partial charge in [-0.3, -0.25) is 9.78 Å². The molecule has 0 saturated heterocycles. The summed E-state index contributed by atoms with van der Waals surface area (Å²) in [6.45, 7) is 1.15. The summed E-state index contributed by atoms with van der Waals surface area (Å²) >= 11 is 0. The maximum absolute atomic E-state index is 12.5. The van der Waals surface area contributed by atoms with Crippen LogP contribution >= 0.6 is 0 Å². The molecule has 0 aliphatic heterocycles. The van der Waals surface area contributed by atoms with Gasteiger partial charge >= 0.3 is 0 Å². The summed E-state index contributed by atoms with van der Waals surface area (Å²) in [5, 5.41) is 4.11. The summed E-state index contributed by atoms with van der Waals surface area (Å²) < 4.78 is 11.2. The fraction of sp³-hybridized carbons (Fsp3) is 0.360. The van der Waals surface area contributed by atoms with Crippen molar-refractivity contribution in [1.82, 2.24) is 10.3 Å². The third kappa shape index (κ3) is 4.73. The van der Waals surface area contributed by atoms with Gasteiger partial charge in [-0.2, -0.15) is 0 Å². The summed E-state index contributed by atoms with van der Waals surface area (Å²) in [5.74, 6) is 2.07. The molecule has 156 valence electrons. The van der Waals surface area contributed by atoms with E-state index in [2.05, 4.69) is 22.4 Å². The minimum atomic E-state index is 0.107. The number of hydrogen-bond donors (Lipinski definition) is 1. The number of carbonyl (C=O) groups excluding carboxylic acids is 1. The topological polar surface area (TPSA) is 60.5 Å². The molecule has 1 heterocycles. The summed E-state index contributed by atoms with van der Waals surface area (Å²) in [7, 11) is 1.69. The molecule has 0 fully saturated rings. The molecular weight excluding hydrogens is 376 g/mol. The van der Waals surface area contributed by atoms with Crippen LogP contribution in [0, 0.1) is 0 Å². The Hall–Kier alpha value is -3.08. The highest BCUT2D eigenvalue weighted by atomic mass is 16.5. The molecule has 1 atom stereocenters. The Morgan fingerprint density at radius 3 is 3.00 bits per heavy atom. The summed E-state index contributed by atoms with van der Waals surface area (Å²) in [4.78, 5) is 16.9. The zero-order valence-corrected chi connectivity index (χ0v) is 17.4. The molecule has 1 unspecified atom stereocenters. The molecule has 0 saturated carbocycles. The van der Waals surface area contributed by atoms with Crippen molar-refractivity contribution < 1.29 is 14.3 Å². The molecule has 30 heavy (non-hydrogen) atoms. The standard InChI is InChI=1S/C25H28N2O3/c1-29-21-11-12-22-19(16-21)7-2-8-20(22)17-24(28)26-14-5-15-30-23-10-3-6-18-9-4-13-27-25(18)23/h3-4,6,9-13,16,20H,2,5,7-8,14-15,17H2,1H3,(H,26,28). The number of nitrogens with one attached hydrogen (secondary N) is 1. The molecule has 4 rings (SSSR count). The van der Waals surface area contributed by atoms with Gasteiger partial charge in [-0.05, 0) is 67.0 Å². The molecule has 1 aromatic heterocycles. The van der Waals surface area contributed by atoms with E-state index < -0.39 is 0 Å². The molecular formula is C25H28N2O3. The van der Waals surface area contributed by atoms with Crippen molar-refractivity contribution in [2.45, 2.75) is 38.0 Å². The highest BCUT2D eigenvalue weighted by molar-refractivity contribution is 5.84. The first kappa shape index (κ1) is 20.2. The summed E-state index contributed by atoms with van der Waals surface area (Å²) in [6, 6.07) is 16.1. The smallest absolute Gasteiger partial charge is 0.220 e. The first-order valence-electron chi connectivity index (χ1n) is 10.6. The number of nitrogens with zero attached hydrogens (tertiary/aromatic N) is 1. The number of ether oxygens (including phenoxy) is 2. The van der Waals surface area contributed by atoms with Gasteiger partial charge in [-0.1, -0.05) is 24.3 Å². The van der Waals surface area contributed by atoms with Gasteiger partial charge in [0.15, 0.2) is 0 Å². The molecule has 5 heteroatoms. The van der Waals surface area contributed by atoms with Crippen LogP contribution in [0.5, 0.6) is 11.5 Å². The van der Waals surface area contributed by atoms with Crippen LogP contribution in [0.25, 0.3) is 10.9 Å². The fourth-order valence-corrected chi connectivity index (χ4v) is 4.20. The van der Waals surface area contributed by atoms with E-state index in [9.17, 15) is 4.79 Å². The normalized spacial score (nSPS) is 15.4. The molecule has 0 radical (unpaired) electrons. The first-order chi connectivity index (χ1) is 14.7. The predicted octanol–water partition coefficient (Wildman–Crippen LogP) is 4.64. The molecule has 1 aliphatic carbocycles. The average molecular weight is 405 g/mol. The lowest BCUT2D eigenvalue weighted by molar-refractivity contribution is -0.121.